The molecule has 1 aromatic rings. The van der Waals surface area contributed by atoms with Gasteiger partial charge in [-0.15, -0.1) is 0 Å². The van der Waals surface area contributed by atoms with Gasteiger partial charge in [-0.1, -0.05) is 11.6 Å². The highest BCUT2D eigenvalue weighted by Crippen LogP contribution is 2.35. The standard InChI is InChI=1S/C11H12ClF3N2/c12-9-2-1-8(11(13,14)15)7-10(9)17-5-3-16-4-6-17/h1-2,7,16H,3-6H2. The molecule has 17 heavy (non-hydrogen) atoms. The number of halogens is 4. The number of nitrogens with one attached hydrogen (secondary N) is 1. The molecule has 1 saturated heterocycles. The van der Waals surface area contributed by atoms with Crippen molar-refractivity contribution in [1.82, 2.24) is 5.32 Å². The molecule has 1 heterocycles. The van der Waals surface area contributed by atoms with Crippen LogP contribution in [0.1, 0.15) is 5.56 Å². The molecule has 0 atom stereocenters. The summed E-state index contributed by atoms with van der Waals surface area (Å²) in [4.78, 5) is 1.87. The van der Waals surface area contributed by atoms with Crippen molar-refractivity contribution in [1.29, 1.82) is 0 Å². The Kier molecular flexibility index (Phi) is 3.49. The molecular formula is C11H12ClF3N2. The van der Waals surface area contributed by atoms with Gasteiger partial charge in [0.05, 0.1) is 16.3 Å². The maximum atomic E-state index is 12.6. The molecule has 0 amide bonds. The summed E-state index contributed by atoms with van der Waals surface area (Å²) in [5.41, 5.74) is -0.196. The molecule has 1 aliphatic rings. The van der Waals surface area contributed by atoms with Gasteiger partial charge >= 0.3 is 6.18 Å². The Balaban J connectivity index is 2.31. The van der Waals surface area contributed by atoms with Crippen LogP contribution in [0.15, 0.2) is 18.2 Å². The largest absolute Gasteiger partial charge is 0.416 e. The van der Waals surface area contributed by atoms with Crippen LogP contribution in [-0.4, -0.2) is 26.2 Å². The summed E-state index contributed by atoms with van der Waals surface area (Å²) in [5, 5.41) is 3.50. The minimum atomic E-state index is -4.33. The number of hydrogen-bond acceptors (Lipinski definition) is 2. The van der Waals surface area contributed by atoms with Crippen LogP contribution in [0, 0.1) is 0 Å². The van der Waals surface area contributed by atoms with E-state index in [0.29, 0.717) is 23.8 Å². The Bertz CT molecular complexity index is 400. The van der Waals surface area contributed by atoms with Crippen molar-refractivity contribution in [3.63, 3.8) is 0 Å². The maximum Gasteiger partial charge on any atom is 0.416 e. The number of nitrogens with zero attached hydrogens (tertiary/aromatic N) is 1. The predicted molar refractivity (Wildman–Crippen MR) is 61.5 cm³/mol. The Morgan fingerprint density at radius 1 is 1.18 bits per heavy atom. The molecule has 2 rings (SSSR count). The Hall–Kier alpha value is -0.940. The lowest BCUT2D eigenvalue weighted by atomic mass is 10.1. The summed E-state index contributed by atoms with van der Waals surface area (Å²) in [7, 11) is 0. The first-order valence-electron chi connectivity index (χ1n) is 5.31. The zero-order valence-electron chi connectivity index (χ0n) is 9.02. The lowest BCUT2D eigenvalue weighted by molar-refractivity contribution is -0.137. The maximum absolute atomic E-state index is 12.6. The minimum absolute atomic E-state index is 0.361. The molecule has 94 valence electrons. The van der Waals surface area contributed by atoms with Gasteiger partial charge in [0.2, 0.25) is 0 Å². The van der Waals surface area contributed by atoms with Gasteiger partial charge in [-0.25, -0.2) is 0 Å². The monoisotopic (exact) mass is 264 g/mol. The van der Waals surface area contributed by atoms with E-state index >= 15 is 0 Å². The van der Waals surface area contributed by atoms with Crippen LogP contribution in [0.4, 0.5) is 18.9 Å². The van der Waals surface area contributed by atoms with Crippen LogP contribution in [0.25, 0.3) is 0 Å². The topological polar surface area (TPSA) is 15.3 Å². The summed E-state index contributed by atoms with van der Waals surface area (Å²) in [5.74, 6) is 0. The fourth-order valence-corrected chi connectivity index (χ4v) is 2.07. The van der Waals surface area contributed by atoms with Crippen molar-refractivity contribution in [2.75, 3.05) is 31.1 Å². The van der Waals surface area contributed by atoms with E-state index in [4.69, 9.17) is 11.6 Å². The first kappa shape index (κ1) is 12.5. The number of anilines is 1. The Labute approximate surface area is 102 Å². The van der Waals surface area contributed by atoms with Gasteiger partial charge in [0, 0.05) is 26.2 Å². The summed E-state index contributed by atoms with van der Waals surface area (Å²) in [6, 6.07) is 3.43. The summed E-state index contributed by atoms with van der Waals surface area (Å²) >= 11 is 5.95. The van der Waals surface area contributed by atoms with E-state index in [2.05, 4.69) is 5.32 Å². The molecule has 0 aliphatic carbocycles. The van der Waals surface area contributed by atoms with E-state index in [9.17, 15) is 13.2 Å². The third-order valence-corrected chi connectivity index (χ3v) is 3.05. The van der Waals surface area contributed by atoms with E-state index in [1.807, 2.05) is 4.90 Å². The van der Waals surface area contributed by atoms with Crippen molar-refractivity contribution in [3.05, 3.63) is 28.8 Å². The van der Waals surface area contributed by atoms with Crippen molar-refractivity contribution >= 4 is 17.3 Å². The van der Waals surface area contributed by atoms with Crippen LogP contribution >= 0.6 is 11.6 Å². The number of benzene rings is 1. The third kappa shape index (κ3) is 2.84. The van der Waals surface area contributed by atoms with E-state index in [0.717, 1.165) is 25.2 Å². The van der Waals surface area contributed by atoms with Crippen LogP contribution in [0.3, 0.4) is 0 Å². The highest BCUT2D eigenvalue weighted by atomic mass is 35.5. The van der Waals surface area contributed by atoms with E-state index in [-0.39, 0.29) is 0 Å². The van der Waals surface area contributed by atoms with Crippen LogP contribution in [-0.2, 0) is 6.18 Å². The molecule has 1 aromatic carbocycles. The Morgan fingerprint density at radius 3 is 2.41 bits per heavy atom. The van der Waals surface area contributed by atoms with E-state index in [1.54, 1.807) is 0 Å². The zero-order valence-corrected chi connectivity index (χ0v) is 9.78. The average molecular weight is 265 g/mol. The van der Waals surface area contributed by atoms with Crippen molar-refractivity contribution in [2.24, 2.45) is 0 Å². The van der Waals surface area contributed by atoms with Crippen molar-refractivity contribution in [2.45, 2.75) is 6.18 Å². The molecule has 6 heteroatoms. The second-order valence-corrected chi connectivity index (χ2v) is 4.31. The second kappa shape index (κ2) is 4.74. The van der Waals surface area contributed by atoms with Crippen molar-refractivity contribution in [3.8, 4) is 0 Å². The number of rotatable bonds is 1. The van der Waals surface area contributed by atoms with E-state index in [1.165, 1.54) is 6.07 Å². The van der Waals surface area contributed by atoms with E-state index < -0.39 is 11.7 Å². The molecule has 0 bridgehead atoms. The average Bonchev–Trinajstić information content (AvgIpc) is 2.29. The highest BCUT2D eigenvalue weighted by Gasteiger charge is 2.31. The summed E-state index contributed by atoms with van der Waals surface area (Å²) < 4.78 is 37.8. The highest BCUT2D eigenvalue weighted by molar-refractivity contribution is 6.33. The molecule has 0 unspecified atom stereocenters. The Morgan fingerprint density at radius 2 is 1.82 bits per heavy atom. The zero-order chi connectivity index (χ0) is 12.5. The third-order valence-electron chi connectivity index (χ3n) is 2.73. The SMILES string of the molecule is FC(F)(F)c1ccc(Cl)c(N2CCNCC2)c1. The van der Waals surface area contributed by atoms with Crippen LogP contribution < -0.4 is 10.2 Å². The first-order chi connectivity index (χ1) is 7.98. The molecule has 1 aliphatic heterocycles. The summed E-state index contributed by atoms with van der Waals surface area (Å²) in [6.45, 7) is 2.85. The summed E-state index contributed by atoms with van der Waals surface area (Å²) in [6.07, 6.45) is -4.33. The van der Waals surface area contributed by atoms with Crippen LogP contribution in [0.2, 0.25) is 5.02 Å². The fraction of sp³-hybridized carbons (Fsp3) is 0.455. The van der Waals surface area contributed by atoms with Gasteiger partial charge in [0.25, 0.3) is 0 Å². The molecule has 0 spiro atoms. The van der Waals surface area contributed by atoms with Gasteiger partial charge < -0.3 is 10.2 Å². The molecule has 1 N–H and O–H groups in total. The number of hydrogen-bond donors (Lipinski definition) is 1. The fourth-order valence-electron chi connectivity index (χ4n) is 1.84. The number of alkyl halides is 3. The predicted octanol–water partition coefficient (Wildman–Crippen LogP) is 2.77. The van der Waals surface area contributed by atoms with Gasteiger partial charge in [-0.05, 0) is 18.2 Å². The lowest BCUT2D eigenvalue weighted by Crippen LogP contribution is -2.43. The van der Waals surface area contributed by atoms with Crippen molar-refractivity contribution < 1.29 is 13.2 Å². The normalized spacial score (nSPS) is 17.3. The number of piperazine rings is 1. The second-order valence-electron chi connectivity index (χ2n) is 3.90. The molecule has 1 fully saturated rings. The molecule has 0 aromatic heterocycles. The molecular weight excluding hydrogens is 253 g/mol. The van der Waals surface area contributed by atoms with Crippen LogP contribution in [0.5, 0.6) is 0 Å². The molecule has 0 saturated carbocycles. The minimum Gasteiger partial charge on any atom is -0.368 e. The van der Waals surface area contributed by atoms with Gasteiger partial charge in [-0.3, -0.25) is 0 Å². The van der Waals surface area contributed by atoms with Gasteiger partial charge in [-0.2, -0.15) is 13.2 Å². The molecule has 2 nitrogen and oxygen atoms in total. The smallest absolute Gasteiger partial charge is 0.368 e. The quantitative estimate of drug-likeness (QED) is 0.839. The van der Waals surface area contributed by atoms with Gasteiger partial charge in [0.15, 0.2) is 0 Å². The lowest BCUT2D eigenvalue weighted by Gasteiger charge is -2.30. The first-order valence-corrected chi connectivity index (χ1v) is 5.69. The molecule has 0 radical (unpaired) electrons. The van der Waals surface area contributed by atoms with Gasteiger partial charge in [0.1, 0.15) is 0 Å².